The molecule has 0 radical (unpaired) electrons. The first-order valence-electron chi connectivity index (χ1n) is 7.47. The molecule has 2 aromatic carbocycles. The van der Waals surface area contributed by atoms with Crippen molar-refractivity contribution in [2.24, 2.45) is 11.8 Å². The molecule has 0 bridgehead atoms. The van der Waals surface area contributed by atoms with Gasteiger partial charge in [-0.05, 0) is 48.9 Å². The Bertz CT molecular complexity index is 672. The molecule has 22 heavy (non-hydrogen) atoms. The van der Waals surface area contributed by atoms with E-state index in [1.54, 1.807) is 12.1 Å². The van der Waals surface area contributed by atoms with Crippen LogP contribution >= 0.6 is 11.6 Å². The van der Waals surface area contributed by atoms with Crippen molar-refractivity contribution in [3.05, 3.63) is 59.1 Å². The lowest BCUT2D eigenvalue weighted by Crippen LogP contribution is -2.37. The van der Waals surface area contributed by atoms with E-state index in [0.717, 1.165) is 19.3 Å². The van der Waals surface area contributed by atoms with Crippen molar-refractivity contribution in [1.82, 2.24) is 0 Å². The highest BCUT2D eigenvalue weighted by Gasteiger charge is 2.36. The Hall–Kier alpha value is -2.00. The summed E-state index contributed by atoms with van der Waals surface area (Å²) in [5.41, 5.74) is 1.90. The van der Waals surface area contributed by atoms with Crippen molar-refractivity contribution in [1.29, 1.82) is 0 Å². The maximum atomic E-state index is 12.4. The zero-order chi connectivity index (χ0) is 15.5. The summed E-state index contributed by atoms with van der Waals surface area (Å²) in [5, 5.41) is 12.5. The van der Waals surface area contributed by atoms with Crippen molar-refractivity contribution in [3.63, 3.8) is 0 Å². The van der Waals surface area contributed by atoms with Gasteiger partial charge in [0.1, 0.15) is 5.75 Å². The van der Waals surface area contributed by atoms with Gasteiger partial charge < -0.3 is 10.4 Å². The molecular formula is C18H18ClNO2. The lowest BCUT2D eigenvalue weighted by atomic mass is 9.70. The number of hydrogen-bond acceptors (Lipinski definition) is 2. The molecule has 1 amide bonds. The molecule has 2 N–H and O–H groups in total. The molecule has 1 aliphatic carbocycles. The van der Waals surface area contributed by atoms with Crippen molar-refractivity contribution < 1.29 is 9.90 Å². The standard InChI is InChI=1S/C18H18ClNO2/c19-16-11-14(7-9-17(16)21)20-18(22)15-8-6-13(15)10-12-4-2-1-3-5-12/h1-5,7,9,11,13,15,21H,6,8,10H2,(H,20,22)/t13-,15-/m1/s1. The van der Waals surface area contributed by atoms with Gasteiger partial charge in [0.2, 0.25) is 5.91 Å². The highest BCUT2D eigenvalue weighted by atomic mass is 35.5. The fourth-order valence-corrected chi connectivity index (χ4v) is 3.08. The maximum absolute atomic E-state index is 12.4. The molecule has 1 saturated carbocycles. The van der Waals surface area contributed by atoms with Gasteiger partial charge in [-0.25, -0.2) is 0 Å². The van der Waals surface area contributed by atoms with Crippen molar-refractivity contribution in [2.45, 2.75) is 19.3 Å². The first kappa shape index (κ1) is 14.9. The summed E-state index contributed by atoms with van der Waals surface area (Å²) in [6.07, 6.45) is 2.95. The van der Waals surface area contributed by atoms with E-state index in [-0.39, 0.29) is 22.6 Å². The van der Waals surface area contributed by atoms with Gasteiger partial charge in [0.25, 0.3) is 0 Å². The van der Waals surface area contributed by atoms with Crippen molar-refractivity contribution in [2.75, 3.05) is 5.32 Å². The van der Waals surface area contributed by atoms with Crippen LogP contribution in [0.2, 0.25) is 5.02 Å². The average Bonchev–Trinajstić information content (AvgIpc) is 2.48. The Labute approximate surface area is 134 Å². The molecule has 2 atom stereocenters. The van der Waals surface area contributed by atoms with Crippen molar-refractivity contribution in [3.8, 4) is 5.75 Å². The van der Waals surface area contributed by atoms with Gasteiger partial charge in [-0.15, -0.1) is 0 Å². The zero-order valence-corrected chi connectivity index (χ0v) is 12.9. The lowest BCUT2D eigenvalue weighted by molar-refractivity contribution is -0.124. The average molecular weight is 316 g/mol. The van der Waals surface area contributed by atoms with Gasteiger partial charge in [0.15, 0.2) is 0 Å². The number of carbonyl (C=O) groups excluding carboxylic acids is 1. The molecule has 0 aromatic heterocycles. The minimum Gasteiger partial charge on any atom is -0.506 e. The van der Waals surface area contributed by atoms with Crippen LogP contribution in [0.4, 0.5) is 5.69 Å². The molecule has 0 spiro atoms. The highest BCUT2D eigenvalue weighted by Crippen LogP contribution is 2.38. The third-order valence-electron chi connectivity index (χ3n) is 4.31. The van der Waals surface area contributed by atoms with E-state index in [1.807, 2.05) is 18.2 Å². The predicted octanol–water partition coefficient (Wildman–Crippen LogP) is 4.25. The molecule has 1 fully saturated rings. The second-order valence-corrected chi connectivity index (χ2v) is 6.20. The summed E-state index contributed by atoms with van der Waals surface area (Å²) >= 11 is 5.86. The number of benzene rings is 2. The number of anilines is 1. The topological polar surface area (TPSA) is 49.3 Å². The lowest BCUT2D eigenvalue weighted by Gasteiger charge is -2.35. The molecule has 114 valence electrons. The maximum Gasteiger partial charge on any atom is 0.227 e. The first-order chi connectivity index (χ1) is 10.6. The SMILES string of the molecule is O=C(Nc1ccc(O)c(Cl)c1)[C@@H]1CC[C@@H]1Cc1ccccc1. The quantitative estimate of drug-likeness (QED) is 0.828. The smallest absolute Gasteiger partial charge is 0.227 e. The molecule has 4 heteroatoms. The number of rotatable bonds is 4. The number of phenols is 1. The summed E-state index contributed by atoms with van der Waals surface area (Å²) in [5.74, 6) is 0.502. The molecule has 0 heterocycles. The Morgan fingerprint density at radius 2 is 1.95 bits per heavy atom. The van der Waals surface area contributed by atoms with Crippen LogP contribution in [0.3, 0.4) is 0 Å². The minimum atomic E-state index is 0.0188. The number of hydrogen-bond donors (Lipinski definition) is 2. The number of nitrogens with one attached hydrogen (secondary N) is 1. The minimum absolute atomic E-state index is 0.0188. The molecule has 3 nitrogen and oxygen atoms in total. The molecule has 1 aliphatic rings. The van der Waals surface area contributed by atoms with Crippen LogP contribution in [-0.2, 0) is 11.2 Å². The van der Waals surface area contributed by atoms with E-state index < -0.39 is 0 Å². The van der Waals surface area contributed by atoms with Crippen LogP contribution in [0.15, 0.2) is 48.5 Å². The Morgan fingerprint density at radius 1 is 1.18 bits per heavy atom. The summed E-state index contributed by atoms with van der Waals surface area (Å²) in [6.45, 7) is 0. The predicted molar refractivity (Wildman–Crippen MR) is 88.1 cm³/mol. The second kappa shape index (κ2) is 6.41. The van der Waals surface area contributed by atoms with Crippen LogP contribution < -0.4 is 5.32 Å². The van der Waals surface area contributed by atoms with Gasteiger partial charge in [-0.1, -0.05) is 41.9 Å². The summed E-state index contributed by atoms with van der Waals surface area (Å²) in [7, 11) is 0. The summed E-state index contributed by atoms with van der Waals surface area (Å²) in [6, 6.07) is 15.0. The largest absolute Gasteiger partial charge is 0.506 e. The fraction of sp³-hybridized carbons (Fsp3) is 0.278. The van der Waals surface area contributed by atoms with Gasteiger partial charge in [-0.3, -0.25) is 4.79 Å². The molecule has 2 aromatic rings. The normalized spacial score (nSPS) is 20.2. The van der Waals surface area contributed by atoms with E-state index in [2.05, 4.69) is 17.4 Å². The first-order valence-corrected chi connectivity index (χ1v) is 7.84. The summed E-state index contributed by atoms with van der Waals surface area (Å²) < 4.78 is 0. The van der Waals surface area contributed by atoms with Crippen LogP contribution in [0.25, 0.3) is 0 Å². The van der Waals surface area contributed by atoms with Crippen LogP contribution in [0, 0.1) is 11.8 Å². The number of phenolic OH excluding ortho intramolecular Hbond substituents is 1. The molecule has 0 unspecified atom stereocenters. The number of aromatic hydroxyl groups is 1. The van der Waals surface area contributed by atoms with Crippen LogP contribution in [-0.4, -0.2) is 11.0 Å². The highest BCUT2D eigenvalue weighted by molar-refractivity contribution is 6.32. The zero-order valence-electron chi connectivity index (χ0n) is 12.1. The Balaban J connectivity index is 1.61. The molecule has 3 rings (SSSR count). The van der Waals surface area contributed by atoms with E-state index >= 15 is 0 Å². The van der Waals surface area contributed by atoms with Crippen molar-refractivity contribution >= 4 is 23.2 Å². The molecule has 0 aliphatic heterocycles. The van der Waals surface area contributed by atoms with Gasteiger partial charge in [-0.2, -0.15) is 0 Å². The number of amides is 1. The Morgan fingerprint density at radius 3 is 2.59 bits per heavy atom. The van der Waals surface area contributed by atoms with E-state index in [0.29, 0.717) is 11.6 Å². The molecule has 0 saturated heterocycles. The number of carbonyl (C=O) groups is 1. The van der Waals surface area contributed by atoms with E-state index in [1.165, 1.54) is 11.6 Å². The Kier molecular flexibility index (Phi) is 4.34. The van der Waals surface area contributed by atoms with Gasteiger partial charge >= 0.3 is 0 Å². The molecular weight excluding hydrogens is 298 g/mol. The summed E-state index contributed by atoms with van der Waals surface area (Å²) in [4.78, 5) is 12.4. The second-order valence-electron chi connectivity index (χ2n) is 5.79. The monoisotopic (exact) mass is 315 g/mol. The van der Waals surface area contributed by atoms with Crippen LogP contribution in [0.5, 0.6) is 5.75 Å². The van der Waals surface area contributed by atoms with Crippen LogP contribution in [0.1, 0.15) is 18.4 Å². The number of halogens is 1. The van der Waals surface area contributed by atoms with E-state index in [4.69, 9.17) is 11.6 Å². The van der Waals surface area contributed by atoms with E-state index in [9.17, 15) is 9.90 Å². The fourth-order valence-electron chi connectivity index (χ4n) is 2.89. The van der Waals surface area contributed by atoms with Gasteiger partial charge in [0, 0.05) is 11.6 Å². The third kappa shape index (κ3) is 3.25. The third-order valence-corrected chi connectivity index (χ3v) is 4.61. The van der Waals surface area contributed by atoms with Gasteiger partial charge in [0.05, 0.1) is 5.02 Å².